The third kappa shape index (κ3) is 4.07. The molecular formula is C14H17FN2O7. The summed E-state index contributed by atoms with van der Waals surface area (Å²) in [7, 11) is 0. The molecule has 1 unspecified atom stereocenters. The molecule has 4 atom stereocenters. The van der Waals surface area contributed by atoms with E-state index in [0.717, 1.165) is 11.5 Å². The summed E-state index contributed by atoms with van der Waals surface area (Å²) in [4.78, 5) is 37.2. The summed E-state index contributed by atoms with van der Waals surface area (Å²) < 4.78 is 35.6. The second-order valence-corrected chi connectivity index (χ2v) is 5.12. The van der Waals surface area contributed by atoms with E-state index in [1.54, 1.807) is 0 Å². The minimum Gasteiger partial charge on any atom is -0.463 e. The minimum absolute atomic E-state index is 0.252. The van der Waals surface area contributed by atoms with Crippen molar-refractivity contribution in [1.29, 1.82) is 0 Å². The maximum atomic E-state index is 13.8. The van der Waals surface area contributed by atoms with Crippen LogP contribution in [-0.2, 0) is 33.3 Å². The van der Waals surface area contributed by atoms with Crippen LogP contribution >= 0.6 is 0 Å². The molecule has 0 aliphatic carbocycles. The van der Waals surface area contributed by atoms with Gasteiger partial charge in [0.05, 0.1) is 0 Å². The number of halogens is 1. The summed E-state index contributed by atoms with van der Waals surface area (Å²) in [5, 5.41) is 0. The molecule has 1 aromatic heterocycles. The van der Waals surface area contributed by atoms with E-state index in [0.29, 0.717) is 0 Å². The molecule has 0 saturated carbocycles. The Kier molecular flexibility index (Phi) is 5.50. The molecule has 1 aromatic rings. The number of carbonyl (C=O) groups excluding carboxylic acids is 3. The first-order chi connectivity index (χ1) is 11.3. The summed E-state index contributed by atoms with van der Waals surface area (Å²) in [6, 6.07) is 0. The Morgan fingerprint density at radius 1 is 1.17 bits per heavy atom. The average Bonchev–Trinajstić information content (AvgIpc) is 3.01. The Morgan fingerprint density at radius 2 is 1.79 bits per heavy atom. The molecule has 2 heterocycles. The van der Waals surface area contributed by atoms with Crippen LogP contribution in [0.4, 0.5) is 4.39 Å². The molecule has 0 amide bonds. The van der Waals surface area contributed by atoms with Gasteiger partial charge in [0, 0.05) is 33.2 Å². The van der Waals surface area contributed by atoms with Crippen molar-refractivity contribution in [3.05, 3.63) is 18.5 Å². The number of nitrogens with zero attached hydrogens (tertiary/aromatic N) is 2. The molecule has 24 heavy (non-hydrogen) atoms. The van der Waals surface area contributed by atoms with Crippen molar-refractivity contribution in [1.82, 2.24) is 9.55 Å². The zero-order valence-electron chi connectivity index (χ0n) is 13.3. The zero-order chi connectivity index (χ0) is 17.9. The maximum Gasteiger partial charge on any atom is 0.303 e. The summed E-state index contributed by atoms with van der Waals surface area (Å²) in [5.41, 5.74) is 0. The molecule has 1 saturated heterocycles. The van der Waals surface area contributed by atoms with Crippen LogP contribution in [0.2, 0.25) is 0 Å². The van der Waals surface area contributed by atoms with E-state index in [-0.39, 0.29) is 6.61 Å². The Labute approximate surface area is 136 Å². The van der Waals surface area contributed by atoms with Crippen LogP contribution in [0.25, 0.3) is 0 Å². The van der Waals surface area contributed by atoms with Crippen molar-refractivity contribution in [2.45, 2.75) is 45.3 Å². The summed E-state index contributed by atoms with van der Waals surface area (Å²) in [5.74, 6) is -1.89. The maximum absolute atomic E-state index is 13.8. The van der Waals surface area contributed by atoms with E-state index < -0.39 is 48.5 Å². The van der Waals surface area contributed by atoms with Crippen LogP contribution in [0, 0.1) is 6.08 Å². The molecule has 9 nitrogen and oxygen atoms in total. The first-order valence-corrected chi connectivity index (χ1v) is 7.11. The number of aromatic nitrogens is 2. The van der Waals surface area contributed by atoms with E-state index in [1.165, 1.54) is 26.2 Å². The van der Waals surface area contributed by atoms with Crippen molar-refractivity contribution in [2.75, 3.05) is 6.61 Å². The van der Waals surface area contributed by atoms with Crippen LogP contribution in [0.1, 0.15) is 27.0 Å². The number of ether oxygens (including phenoxy) is 4. The van der Waals surface area contributed by atoms with Gasteiger partial charge in [-0.3, -0.25) is 19.0 Å². The van der Waals surface area contributed by atoms with E-state index in [2.05, 4.69) is 4.98 Å². The summed E-state index contributed by atoms with van der Waals surface area (Å²) in [6.07, 6.45) is -2.64. The minimum atomic E-state index is -1.13. The van der Waals surface area contributed by atoms with Gasteiger partial charge in [0.1, 0.15) is 12.7 Å². The van der Waals surface area contributed by atoms with Crippen LogP contribution in [0.15, 0.2) is 12.4 Å². The molecule has 1 aliphatic heterocycles. The number of carbonyl (C=O) groups is 3. The van der Waals surface area contributed by atoms with Gasteiger partial charge in [0.15, 0.2) is 18.4 Å². The molecule has 0 aromatic carbocycles. The van der Waals surface area contributed by atoms with Gasteiger partial charge in [-0.05, 0) is 0 Å². The van der Waals surface area contributed by atoms with Gasteiger partial charge in [-0.2, -0.15) is 4.39 Å². The standard InChI is InChI=1S/C14H17FN2O7/c1-7(18)21-6-10-11(22-8(2)19)12(23-9(3)20)13(24-10)17-5-4-16-14(17)15/h4-5,10-13H,6H2,1-3H3/t10-,11-,12-,13?/m1/s1. The van der Waals surface area contributed by atoms with Gasteiger partial charge in [0.25, 0.3) is 6.08 Å². The Hall–Kier alpha value is -2.49. The zero-order valence-corrected chi connectivity index (χ0v) is 13.3. The first-order valence-electron chi connectivity index (χ1n) is 7.11. The van der Waals surface area contributed by atoms with E-state index >= 15 is 0 Å². The van der Waals surface area contributed by atoms with Crippen LogP contribution in [0.3, 0.4) is 0 Å². The largest absolute Gasteiger partial charge is 0.463 e. The number of hydrogen-bond donors (Lipinski definition) is 0. The van der Waals surface area contributed by atoms with Crippen LogP contribution in [-0.4, -0.2) is 52.4 Å². The lowest BCUT2D eigenvalue weighted by Crippen LogP contribution is -2.40. The van der Waals surface area contributed by atoms with Crippen molar-refractivity contribution in [3.8, 4) is 0 Å². The third-order valence-corrected chi connectivity index (χ3v) is 3.24. The molecule has 0 bridgehead atoms. The number of rotatable bonds is 5. The van der Waals surface area contributed by atoms with Crippen LogP contribution in [0.5, 0.6) is 0 Å². The normalized spacial score (nSPS) is 26.0. The lowest BCUT2D eigenvalue weighted by molar-refractivity contribution is -0.166. The Morgan fingerprint density at radius 3 is 2.29 bits per heavy atom. The van der Waals surface area contributed by atoms with E-state index in [9.17, 15) is 18.8 Å². The topological polar surface area (TPSA) is 106 Å². The van der Waals surface area contributed by atoms with Gasteiger partial charge in [-0.15, -0.1) is 0 Å². The average molecular weight is 344 g/mol. The molecular weight excluding hydrogens is 327 g/mol. The van der Waals surface area contributed by atoms with Gasteiger partial charge < -0.3 is 18.9 Å². The molecule has 0 N–H and O–H groups in total. The van der Waals surface area contributed by atoms with Crippen molar-refractivity contribution >= 4 is 17.9 Å². The number of esters is 3. The molecule has 1 fully saturated rings. The summed E-state index contributed by atoms with van der Waals surface area (Å²) >= 11 is 0. The van der Waals surface area contributed by atoms with Crippen molar-refractivity contribution in [3.63, 3.8) is 0 Å². The predicted octanol–water partition coefficient (Wildman–Crippen LogP) is 0.346. The molecule has 10 heteroatoms. The quantitative estimate of drug-likeness (QED) is 0.556. The highest BCUT2D eigenvalue weighted by Gasteiger charge is 2.51. The number of imidazole rings is 1. The van der Waals surface area contributed by atoms with Crippen molar-refractivity contribution in [2.24, 2.45) is 0 Å². The molecule has 2 rings (SSSR count). The van der Waals surface area contributed by atoms with Gasteiger partial charge in [-0.1, -0.05) is 0 Å². The fraction of sp³-hybridized carbons (Fsp3) is 0.571. The summed E-state index contributed by atoms with van der Waals surface area (Å²) in [6.45, 7) is 3.27. The van der Waals surface area contributed by atoms with Crippen molar-refractivity contribution < 1.29 is 37.7 Å². The molecule has 1 aliphatic rings. The Balaban J connectivity index is 2.31. The SMILES string of the molecule is CC(=O)OC[C@H]1OC(n2ccnc2F)[C@H](OC(C)=O)[C@@H]1OC(C)=O. The highest BCUT2D eigenvalue weighted by molar-refractivity contribution is 5.67. The monoisotopic (exact) mass is 344 g/mol. The third-order valence-electron chi connectivity index (χ3n) is 3.24. The van der Waals surface area contributed by atoms with Gasteiger partial charge >= 0.3 is 17.9 Å². The fourth-order valence-electron chi connectivity index (χ4n) is 2.40. The lowest BCUT2D eigenvalue weighted by atomic mass is 10.1. The first kappa shape index (κ1) is 17.9. The van der Waals surface area contributed by atoms with Gasteiger partial charge in [-0.25, -0.2) is 4.98 Å². The predicted molar refractivity (Wildman–Crippen MR) is 73.8 cm³/mol. The van der Waals surface area contributed by atoms with E-state index in [1.807, 2.05) is 0 Å². The molecule has 0 spiro atoms. The molecule has 132 valence electrons. The number of hydrogen-bond acceptors (Lipinski definition) is 8. The molecule has 0 radical (unpaired) electrons. The Bertz CT molecular complexity index is 632. The smallest absolute Gasteiger partial charge is 0.303 e. The lowest BCUT2D eigenvalue weighted by Gasteiger charge is -2.23. The highest BCUT2D eigenvalue weighted by atomic mass is 19.1. The van der Waals surface area contributed by atoms with Crippen LogP contribution < -0.4 is 0 Å². The second kappa shape index (κ2) is 7.39. The fourth-order valence-corrected chi connectivity index (χ4v) is 2.40. The highest BCUT2D eigenvalue weighted by Crippen LogP contribution is 2.34. The van der Waals surface area contributed by atoms with Gasteiger partial charge in [0.2, 0.25) is 0 Å². The second-order valence-electron chi connectivity index (χ2n) is 5.12. The van der Waals surface area contributed by atoms with E-state index in [4.69, 9.17) is 18.9 Å².